The van der Waals surface area contributed by atoms with E-state index >= 15 is 0 Å². The Hall–Kier alpha value is -0.900. The number of rotatable bonds is 5. The van der Waals surface area contributed by atoms with Crippen LogP contribution in [0.25, 0.3) is 0 Å². The van der Waals surface area contributed by atoms with Crippen molar-refractivity contribution in [1.29, 1.82) is 0 Å². The van der Waals surface area contributed by atoms with Crippen LogP contribution in [0.1, 0.15) is 57.3 Å². The SMILES string of the molecule is CCCNCc1nncn1C1CCCCC1. The van der Waals surface area contributed by atoms with Gasteiger partial charge in [0.25, 0.3) is 0 Å². The maximum atomic E-state index is 4.21. The molecular formula is C12H22N4. The van der Waals surface area contributed by atoms with Crippen LogP contribution >= 0.6 is 0 Å². The van der Waals surface area contributed by atoms with Gasteiger partial charge in [-0.3, -0.25) is 0 Å². The monoisotopic (exact) mass is 222 g/mol. The van der Waals surface area contributed by atoms with Crippen molar-refractivity contribution >= 4 is 0 Å². The first-order valence-corrected chi connectivity index (χ1v) is 6.51. The highest BCUT2D eigenvalue weighted by atomic mass is 15.3. The first-order chi connectivity index (χ1) is 7.92. The standard InChI is InChI=1S/C12H22N4/c1-2-8-13-9-12-15-14-10-16(12)11-6-4-3-5-7-11/h10-11,13H,2-9H2,1H3. The van der Waals surface area contributed by atoms with Gasteiger partial charge in [-0.15, -0.1) is 10.2 Å². The van der Waals surface area contributed by atoms with E-state index in [4.69, 9.17) is 0 Å². The van der Waals surface area contributed by atoms with E-state index in [9.17, 15) is 0 Å². The predicted octanol–water partition coefficient (Wildman–Crippen LogP) is 2.28. The number of hydrogen-bond donors (Lipinski definition) is 1. The first kappa shape index (κ1) is 11.6. The zero-order valence-electron chi connectivity index (χ0n) is 10.2. The molecule has 0 bridgehead atoms. The molecule has 0 radical (unpaired) electrons. The second-order valence-electron chi connectivity index (χ2n) is 4.62. The quantitative estimate of drug-likeness (QED) is 0.777. The van der Waals surface area contributed by atoms with Gasteiger partial charge in [-0.2, -0.15) is 0 Å². The van der Waals surface area contributed by atoms with Crippen LogP contribution in [0.2, 0.25) is 0 Å². The Morgan fingerprint density at radius 2 is 2.19 bits per heavy atom. The lowest BCUT2D eigenvalue weighted by atomic mass is 9.95. The van der Waals surface area contributed by atoms with Crippen molar-refractivity contribution < 1.29 is 0 Å². The molecular weight excluding hydrogens is 200 g/mol. The van der Waals surface area contributed by atoms with Crippen molar-refractivity contribution in [3.63, 3.8) is 0 Å². The molecule has 1 aromatic heterocycles. The van der Waals surface area contributed by atoms with Crippen LogP contribution < -0.4 is 5.32 Å². The molecule has 0 amide bonds. The third-order valence-electron chi connectivity index (χ3n) is 3.33. The van der Waals surface area contributed by atoms with Crippen molar-refractivity contribution in [2.75, 3.05) is 6.54 Å². The highest BCUT2D eigenvalue weighted by molar-refractivity contribution is 4.90. The molecule has 2 rings (SSSR count). The molecule has 0 saturated heterocycles. The van der Waals surface area contributed by atoms with Crippen molar-refractivity contribution in [2.45, 2.75) is 58.0 Å². The van der Waals surface area contributed by atoms with E-state index in [1.807, 2.05) is 6.33 Å². The van der Waals surface area contributed by atoms with E-state index in [-0.39, 0.29) is 0 Å². The normalized spacial score (nSPS) is 17.8. The number of aromatic nitrogens is 3. The van der Waals surface area contributed by atoms with E-state index in [0.29, 0.717) is 6.04 Å². The molecule has 16 heavy (non-hydrogen) atoms. The Morgan fingerprint density at radius 1 is 1.38 bits per heavy atom. The van der Waals surface area contributed by atoms with Crippen LogP contribution in [0.5, 0.6) is 0 Å². The lowest BCUT2D eigenvalue weighted by molar-refractivity contribution is 0.343. The second-order valence-corrected chi connectivity index (χ2v) is 4.62. The second kappa shape index (κ2) is 5.99. The Bertz CT molecular complexity index is 302. The molecule has 1 N–H and O–H groups in total. The van der Waals surface area contributed by atoms with E-state index in [0.717, 1.165) is 25.3 Å². The summed E-state index contributed by atoms with van der Waals surface area (Å²) < 4.78 is 2.28. The smallest absolute Gasteiger partial charge is 0.147 e. The molecule has 0 aliphatic heterocycles. The minimum Gasteiger partial charge on any atom is -0.313 e. The molecule has 0 atom stereocenters. The summed E-state index contributed by atoms with van der Waals surface area (Å²) in [6.07, 6.45) is 9.74. The molecule has 4 heteroatoms. The Balaban J connectivity index is 1.94. The third-order valence-corrected chi connectivity index (χ3v) is 3.33. The van der Waals surface area contributed by atoms with Gasteiger partial charge in [-0.05, 0) is 25.8 Å². The Kier molecular flexibility index (Phi) is 4.34. The lowest BCUT2D eigenvalue weighted by Crippen LogP contribution is -2.21. The highest BCUT2D eigenvalue weighted by Crippen LogP contribution is 2.28. The van der Waals surface area contributed by atoms with Gasteiger partial charge in [0.05, 0.1) is 6.54 Å². The molecule has 90 valence electrons. The van der Waals surface area contributed by atoms with Crippen molar-refractivity contribution in [2.24, 2.45) is 0 Å². The predicted molar refractivity (Wildman–Crippen MR) is 64.1 cm³/mol. The molecule has 1 aromatic rings. The van der Waals surface area contributed by atoms with Crippen molar-refractivity contribution in [1.82, 2.24) is 20.1 Å². The summed E-state index contributed by atoms with van der Waals surface area (Å²) in [6, 6.07) is 0.641. The zero-order chi connectivity index (χ0) is 11.2. The molecule has 0 spiro atoms. The minimum atomic E-state index is 0.641. The molecule has 0 unspecified atom stereocenters. The van der Waals surface area contributed by atoms with Crippen LogP contribution in [0.3, 0.4) is 0 Å². The Morgan fingerprint density at radius 3 is 2.94 bits per heavy atom. The van der Waals surface area contributed by atoms with Crippen LogP contribution in [0.15, 0.2) is 6.33 Å². The highest BCUT2D eigenvalue weighted by Gasteiger charge is 2.17. The average molecular weight is 222 g/mol. The Labute approximate surface area is 97.5 Å². The molecule has 1 fully saturated rings. The van der Waals surface area contributed by atoms with Crippen LogP contribution in [0.4, 0.5) is 0 Å². The van der Waals surface area contributed by atoms with Gasteiger partial charge in [0, 0.05) is 6.04 Å². The van der Waals surface area contributed by atoms with E-state index < -0.39 is 0 Å². The maximum Gasteiger partial charge on any atom is 0.147 e. The molecule has 1 aliphatic rings. The third kappa shape index (κ3) is 2.82. The largest absolute Gasteiger partial charge is 0.313 e. The van der Waals surface area contributed by atoms with E-state index in [1.165, 1.54) is 32.1 Å². The molecule has 1 saturated carbocycles. The number of hydrogen-bond acceptors (Lipinski definition) is 3. The van der Waals surface area contributed by atoms with E-state index in [2.05, 4.69) is 27.0 Å². The fourth-order valence-corrected chi connectivity index (χ4v) is 2.43. The molecule has 1 aliphatic carbocycles. The summed E-state index contributed by atoms with van der Waals surface area (Å²) in [5, 5.41) is 11.7. The average Bonchev–Trinajstić information content (AvgIpc) is 2.79. The van der Waals surface area contributed by atoms with Gasteiger partial charge in [-0.25, -0.2) is 0 Å². The van der Waals surface area contributed by atoms with Gasteiger partial charge in [0.1, 0.15) is 12.2 Å². The lowest BCUT2D eigenvalue weighted by Gasteiger charge is -2.24. The summed E-state index contributed by atoms with van der Waals surface area (Å²) in [4.78, 5) is 0. The zero-order valence-corrected chi connectivity index (χ0v) is 10.2. The molecule has 1 heterocycles. The summed E-state index contributed by atoms with van der Waals surface area (Å²) in [5.74, 6) is 1.10. The van der Waals surface area contributed by atoms with Crippen LogP contribution in [0, 0.1) is 0 Å². The fraction of sp³-hybridized carbons (Fsp3) is 0.833. The van der Waals surface area contributed by atoms with Gasteiger partial charge in [0.15, 0.2) is 0 Å². The van der Waals surface area contributed by atoms with Gasteiger partial charge >= 0.3 is 0 Å². The fourth-order valence-electron chi connectivity index (χ4n) is 2.43. The van der Waals surface area contributed by atoms with E-state index in [1.54, 1.807) is 0 Å². The first-order valence-electron chi connectivity index (χ1n) is 6.51. The minimum absolute atomic E-state index is 0.641. The molecule has 4 nitrogen and oxygen atoms in total. The molecule has 0 aromatic carbocycles. The number of nitrogens with one attached hydrogen (secondary N) is 1. The van der Waals surface area contributed by atoms with Crippen molar-refractivity contribution in [3.8, 4) is 0 Å². The summed E-state index contributed by atoms with van der Waals surface area (Å²) in [7, 11) is 0. The summed E-state index contributed by atoms with van der Waals surface area (Å²) >= 11 is 0. The number of nitrogens with zero attached hydrogens (tertiary/aromatic N) is 3. The van der Waals surface area contributed by atoms with Gasteiger partial charge < -0.3 is 9.88 Å². The van der Waals surface area contributed by atoms with Gasteiger partial charge in [0.2, 0.25) is 0 Å². The van der Waals surface area contributed by atoms with Crippen LogP contribution in [-0.4, -0.2) is 21.3 Å². The summed E-state index contributed by atoms with van der Waals surface area (Å²) in [5.41, 5.74) is 0. The summed E-state index contributed by atoms with van der Waals surface area (Å²) in [6.45, 7) is 4.08. The topological polar surface area (TPSA) is 42.7 Å². The van der Waals surface area contributed by atoms with Crippen LogP contribution in [-0.2, 0) is 6.54 Å². The maximum absolute atomic E-state index is 4.21. The van der Waals surface area contributed by atoms with Crippen molar-refractivity contribution in [3.05, 3.63) is 12.2 Å². The van der Waals surface area contributed by atoms with Gasteiger partial charge in [-0.1, -0.05) is 26.2 Å².